The molecular formula is C32H29N9O2. The SMILES string of the molecule is CN/C(C)=C\C(=N)Nc1ncc(C)c(-c2c[nH]c3c(N4Cc5c(NC(=O)c6cccnc6)cccc5C4=O)cccc23)n1. The maximum absolute atomic E-state index is 13.7. The molecule has 5 N–H and O–H groups in total. The summed E-state index contributed by atoms with van der Waals surface area (Å²) in [6, 6.07) is 14.5. The van der Waals surface area contributed by atoms with Crippen LogP contribution in [-0.4, -0.2) is 44.6 Å². The number of aromatic amines is 1. The van der Waals surface area contributed by atoms with Crippen molar-refractivity contribution >= 4 is 45.9 Å². The molecule has 0 saturated heterocycles. The maximum atomic E-state index is 13.7. The Morgan fingerprint density at radius 3 is 2.70 bits per heavy atom. The van der Waals surface area contributed by atoms with Gasteiger partial charge in [0.15, 0.2) is 0 Å². The summed E-state index contributed by atoms with van der Waals surface area (Å²) >= 11 is 0. The Labute approximate surface area is 247 Å². The molecule has 0 fully saturated rings. The lowest BCUT2D eigenvalue weighted by Gasteiger charge is -2.17. The Hall–Kier alpha value is -5.84. The number of pyridine rings is 1. The lowest BCUT2D eigenvalue weighted by Crippen LogP contribution is -2.23. The molecule has 214 valence electrons. The number of nitrogens with zero attached hydrogens (tertiary/aromatic N) is 4. The van der Waals surface area contributed by atoms with Gasteiger partial charge in [0.25, 0.3) is 11.8 Å². The van der Waals surface area contributed by atoms with Crippen LogP contribution in [0.5, 0.6) is 0 Å². The van der Waals surface area contributed by atoms with Crippen LogP contribution in [0.2, 0.25) is 0 Å². The van der Waals surface area contributed by atoms with Crippen LogP contribution in [-0.2, 0) is 6.54 Å². The summed E-state index contributed by atoms with van der Waals surface area (Å²) in [4.78, 5) is 44.7. The van der Waals surface area contributed by atoms with Gasteiger partial charge >= 0.3 is 0 Å². The smallest absolute Gasteiger partial charge is 0.259 e. The first-order valence-electron chi connectivity index (χ1n) is 13.6. The quantitative estimate of drug-likeness (QED) is 0.132. The highest BCUT2D eigenvalue weighted by molar-refractivity contribution is 6.16. The third-order valence-corrected chi connectivity index (χ3v) is 7.35. The zero-order valence-electron chi connectivity index (χ0n) is 23.8. The fraction of sp³-hybridized carbons (Fsp3) is 0.125. The van der Waals surface area contributed by atoms with Crippen LogP contribution >= 0.6 is 0 Å². The van der Waals surface area contributed by atoms with Crippen molar-refractivity contribution < 1.29 is 9.59 Å². The van der Waals surface area contributed by atoms with Crippen LogP contribution in [0.25, 0.3) is 22.2 Å². The molecule has 0 saturated carbocycles. The number of carbonyl (C=O) groups excluding carboxylic acids is 2. The third-order valence-electron chi connectivity index (χ3n) is 7.35. The number of aryl methyl sites for hydroxylation is 1. The first kappa shape index (κ1) is 27.3. The maximum Gasteiger partial charge on any atom is 0.259 e. The lowest BCUT2D eigenvalue weighted by molar-refractivity contribution is 0.0994. The first-order valence-corrected chi connectivity index (χ1v) is 13.6. The van der Waals surface area contributed by atoms with Gasteiger partial charge in [-0.05, 0) is 55.8 Å². The van der Waals surface area contributed by atoms with E-state index in [4.69, 9.17) is 10.4 Å². The minimum Gasteiger partial charge on any atom is -0.392 e. The van der Waals surface area contributed by atoms with E-state index in [1.165, 1.54) is 6.20 Å². The molecular weight excluding hydrogens is 542 g/mol. The highest BCUT2D eigenvalue weighted by Crippen LogP contribution is 2.39. The molecule has 5 aromatic rings. The molecule has 0 aliphatic carbocycles. The Morgan fingerprint density at radius 2 is 1.91 bits per heavy atom. The number of para-hydroxylation sites is 1. The van der Waals surface area contributed by atoms with Crippen molar-refractivity contribution in [3.05, 3.63) is 107 Å². The lowest BCUT2D eigenvalue weighted by atomic mass is 10.1. The number of anilines is 3. The van der Waals surface area contributed by atoms with E-state index in [1.54, 1.807) is 60.7 Å². The number of amides is 2. The van der Waals surface area contributed by atoms with E-state index < -0.39 is 0 Å². The fourth-order valence-electron chi connectivity index (χ4n) is 5.12. The van der Waals surface area contributed by atoms with E-state index in [9.17, 15) is 9.59 Å². The molecule has 6 rings (SSSR count). The van der Waals surface area contributed by atoms with Crippen molar-refractivity contribution in [2.24, 2.45) is 0 Å². The Balaban J connectivity index is 1.31. The number of H-pyrrole nitrogens is 1. The minimum absolute atomic E-state index is 0.149. The summed E-state index contributed by atoms with van der Waals surface area (Å²) in [5, 5.41) is 18.0. The highest BCUT2D eigenvalue weighted by Gasteiger charge is 2.32. The molecule has 0 unspecified atom stereocenters. The molecule has 4 heterocycles. The number of aromatic nitrogens is 4. The van der Waals surface area contributed by atoms with Crippen LogP contribution in [0, 0.1) is 12.3 Å². The Morgan fingerprint density at radius 1 is 1.07 bits per heavy atom. The van der Waals surface area contributed by atoms with Crippen LogP contribution in [0.1, 0.15) is 38.8 Å². The predicted molar refractivity (Wildman–Crippen MR) is 167 cm³/mol. The standard InChI is InChI=1S/C32H29N9O2/c1-18-14-37-32(39-27(33)13-19(2)34-3)40-28(18)23-16-36-29-21(23)8-5-11-26(29)41-17-24-22(31(41)43)9-4-10-25(24)38-30(42)20-7-6-12-35-15-20/h4-16,34,36H,17H2,1-3H3,(H,38,42)(H2,33,37,39,40)/b19-13-. The van der Waals surface area contributed by atoms with Gasteiger partial charge in [-0.25, -0.2) is 9.97 Å². The fourth-order valence-corrected chi connectivity index (χ4v) is 5.12. The largest absolute Gasteiger partial charge is 0.392 e. The first-order chi connectivity index (χ1) is 20.8. The number of amidine groups is 1. The number of carbonyl (C=O) groups is 2. The molecule has 11 heteroatoms. The predicted octanol–water partition coefficient (Wildman–Crippen LogP) is 5.25. The van der Waals surface area contributed by atoms with Crippen molar-refractivity contribution in [3.8, 4) is 11.3 Å². The molecule has 0 atom stereocenters. The van der Waals surface area contributed by atoms with E-state index in [2.05, 4.69) is 30.9 Å². The summed E-state index contributed by atoms with van der Waals surface area (Å²) in [5.74, 6) is 0.0263. The second-order valence-corrected chi connectivity index (χ2v) is 10.2. The van der Waals surface area contributed by atoms with Gasteiger partial charge < -0.3 is 25.8 Å². The Bertz CT molecular complexity index is 1930. The Kier molecular flexibility index (Phi) is 7.12. The average Bonchev–Trinajstić information content (AvgIpc) is 3.60. The molecule has 3 aromatic heterocycles. The van der Waals surface area contributed by atoms with Crippen molar-refractivity contribution in [2.45, 2.75) is 20.4 Å². The molecule has 0 radical (unpaired) electrons. The van der Waals surface area contributed by atoms with Crippen LogP contribution in [0.4, 0.5) is 17.3 Å². The second kappa shape index (κ2) is 11.2. The van der Waals surface area contributed by atoms with Gasteiger partial charge in [-0.3, -0.25) is 20.0 Å². The number of benzene rings is 2. The topological polar surface area (TPSA) is 152 Å². The van der Waals surface area contributed by atoms with E-state index >= 15 is 0 Å². The van der Waals surface area contributed by atoms with Gasteiger partial charge in [-0.2, -0.15) is 0 Å². The van der Waals surface area contributed by atoms with E-state index in [1.807, 2.05) is 38.2 Å². The van der Waals surface area contributed by atoms with Crippen LogP contribution < -0.4 is 20.9 Å². The molecule has 11 nitrogen and oxygen atoms in total. The van der Waals surface area contributed by atoms with Gasteiger partial charge in [0.05, 0.1) is 29.0 Å². The molecule has 43 heavy (non-hydrogen) atoms. The van der Waals surface area contributed by atoms with Crippen LogP contribution in [0.15, 0.2) is 85.1 Å². The summed E-state index contributed by atoms with van der Waals surface area (Å²) < 4.78 is 0. The molecule has 1 aliphatic rings. The average molecular weight is 572 g/mol. The highest BCUT2D eigenvalue weighted by atomic mass is 16.2. The molecule has 0 bridgehead atoms. The van der Waals surface area contributed by atoms with Gasteiger partial charge in [-0.1, -0.05) is 18.2 Å². The number of hydrogen-bond donors (Lipinski definition) is 5. The summed E-state index contributed by atoms with van der Waals surface area (Å²) in [7, 11) is 1.79. The van der Waals surface area contributed by atoms with E-state index in [0.29, 0.717) is 40.7 Å². The van der Waals surface area contributed by atoms with Crippen molar-refractivity contribution in [3.63, 3.8) is 0 Å². The van der Waals surface area contributed by atoms with Gasteiger partial charge in [0, 0.05) is 65.3 Å². The summed E-state index contributed by atoms with van der Waals surface area (Å²) in [6.45, 7) is 4.09. The summed E-state index contributed by atoms with van der Waals surface area (Å²) in [6.07, 6.45) is 8.36. The molecule has 1 aliphatic heterocycles. The van der Waals surface area contributed by atoms with Gasteiger partial charge in [0.1, 0.15) is 5.84 Å². The normalized spacial score (nSPS) is 12.8. The monoisotopic (exact) mass is 571 g/mol. The van der Waals surface area contributed by atoms with E-state index in [0.717, 1.165) is 33.3 Å². The molecule has 2 amide bonds. The van der Waals surface area contributed by atoms with Crippen molar-refractivity contribution in [1.82, 2.24) is 25.3 Å². The van der Waals surface area contributed by atoms with Gasteiger partial charge in [0.2, 0.25) is 5.95 Å². The van der Waals surface area contributed by atoms with Crippen molar-refractivity contribution in [1.29, 1.82) is 5.41 Å². The van der Waals surface area contributed by atoms with Crippen molar-refractivity contribution in [2.75, 3.05) is 22.6 Å². The van der Waals surface area contributed by atoms with Gasteiger partial charge in [-0.15, -0.1) is 0 Å². The number of allylic oxidation sites excluding steroid dienone is 1. The number of fused-ring (bicyclic) bond motifs is 2. The second-order valence-electron chi connectivity index (χ2n) is 10.2. The zero-order chi connectivity index (χ0) is 30.1. The number of nitrogens with one attached hydrogen (secondary N) is 5. The number of rotatable bonds is 7. The molecule has 0 spiro atoms. The number of hydrogen-bond acceptors (Lipinski definition) is 7. The summed E-state index contributed by atoms with van der Waals surface area (Å²) in [5.41, 5.74) is 7.07. The minimum atomic E-state index is -0.291. The third kappa shape index (κ3) is 5.19. The van der Waals surface area contributed by atoms with E-state index in [-0.39, 0.29) is 17.6 Å². The zero-order valence-corrected chi connectivity index (χ0v) is 23.8. The van der Waals surface area contributed by atoms with Crippen LogP contribution in [0.3, 0.4) is 0 Å². The molecule has 2 aromatic carbocycles.